The first-order chi connectivity index (χ1) is 8.86. The fourth-order valence-corrected chi connectivity index (χ4v) is 1.48. The summed E-state index contributed by atoms with van der Waals surface area (Å²) < 4.78 is 43.0. The Morgan fingerprint density at radius 1 is 1.47 bits per heavy atom. The molecule has 0 amide bonds. The minimum atomic E-state index is -4.41. The van der Waals surface area contributed by atoms with Crippen LogP contribution in [-0.2, 0) is 6.18 Å². The van der Waals surface area contributed by atoms with E-state index in [1.165, 1.54) is 12.1 Å². The minimum Gasteiger partial charge on any atom is -0.490 e. The third-order valence-electron chi connectivity index (χ3n) is 2.48. The van der Waals surface area contributed by atoms with E-state index in [-0.39, 0.29) is 18.0 Å². The van der Waals surface area contributed by atoms with Gasteiger partial charge in [-0.3, -0.25) is 0 Å². The van der Waals surface area contributed by atoms with E-state index < -0.39 is 17.8 Å². The lowest BCUT2D eigenvalue weighted by molar-refractivity contribution is -0.137. The highest BCUT2D eigenvalue weighted by Crippen LogP contribution is 2.31. The number of ether oxygens (including phenoxy) is 1. The molecule has 0 aliphatic carbocycles. The van der Waals surface area contributed by atoms with Crippen molar-refractivity contribution in [1.29, 1.82) is 0 Å². The summed E-state index contributed by atoms with van der Waals surface area (Å²) in [5.41, 5.74) is 4.57. The number of rotatable bonds is 5. The highest BCUT2D eigenvalue weighted by Gasteiger charge is 2.30. The van der Waals surface area contributed by atoms with Crippen molar-refractivity contribution in [3.63, 3.8) is 0 Å². The number of amidine groups is 1. The zero-order valence-electron chi connectivity index (χ0n) is 10.3. The van der Waals surface area contributed by atoms with Crippen LogP contribution in [0.15, 0.2) is 29.4 Å². The van der Waals surface area contributed by atoms with Crippen LogP contribution in [0.25, 0.3) is 0 Å². The molecule has 1 rings (SSSR count). The molecular formula is C12H15F3N2O2. The Kier molecular flexibility index (Phi) is 5.02. The Hall–Kier alpha value is -1.92. The fraction of sp³-hybridized carbons (Fsp3) is 0.417. The summed E-state index contributed by atoms with van der Waals surface area (Å²) in [5, 5.41) is 11.3. The Morgan fingerprint density at radius 2 is 2.16 bits per heavy atom. The van der Waals surface area contributed by atoms with Crippen molar-refractivity contribution in [2.75, 3.05) is 0 Å². The summed E-state index contributed by atoms with van der Waals surface area (Å²) in [6, 6.07) is 4.60. The van der Waals surface area contributed by atoms with E-state index in [0.29, 0.717) is 6.42 Å². The van der Waals surface area contributed by atoms with Gasteiger partial charge in [-0.05, 0) is 24.6 Å². The van der Waals surface area contributed by atoms with E-state index in [1.54, 1.807) is 6.92 Å². The number of hydrogen-bond donors (Lipinski definition) is 2. The number of nitrogens with zero attached hydrogens (tertiary/aromatic N) is 1. The monoisotopic (exact) mass is 276 g/mol. The third-order valence-corrected chi connectivity index (χ3v) is 2.48. The summed E-state index contributed by atoms with van der Waals surface area (Å²) in [6.07, 6.45) is -4.19. The highest BCUT2D eigenvalue weighted by molar-refractivity contribution is 5.80. The van der Waals surface area contributed by atoms with Crippen LogP contribution >= 0.6 is 0 Å². The van der Waals surface area contributed by atoms with Crippen molar-refractivity contribution in [2.24, 2.45) is 10.9 Å². The molecule has 0 aromatic heterocycles. The third kappa shape index (κ3) is 4.69. The molecule has 0 aliphatic heterocycles. The van der Waals surface area contributed by atoms with Crippen molar-refractivity contribution in [3.8, 4) is 5.75 Å². The average molecular weight is 276 g/mol. The molecule has 106 valence electrons. The fourth-order valence-electron chi connectivity index (χ4n) is 1.48. The molecule has 1 aromatic rings. The van der Waals surface area contributed by atoms with Crippen molar-refractivity contribution >= 4 is 5.84 Å². The molecule has 1 unspecified atom stereocenters. The number of oxime groups is 1. The van der Waals surface area contributed by atoms with Crippen LogP contribution in [0.2, 0.25) is 0 Å². The molecule has 0 spiro atoms. The topological polar surface area (TPSA) is 67.8 Å². The smallest absolute Gasteiger partial charge is 0.416 e. The van der Waals surface area contributed by atoms with Gasteiger partial charge >= 0.3 is 6.18 Å². The quantitative estimate of drug-likeness (QED) is 0.376. The van der Waals surface area contributed by atoms with Crippen molar-refractivity contribution in [3.05, 3.63) is 29.8 Å². The first kappa shape index (κ1) is 15.1. The number of nitrogens with two attached hydrogens (primary N) is 1. The van der Waals surface area contributed by atoms with Gasteiger partial charge in [0.2, 0.25) is 0 Å². The normalized spacial score (nSPS) is 14.2. The lowest BCUT2D eigenvalue weighted by atomic mass is 10.1. The van der Waals surface area contributed by atoms with Crippen LogP contribution < -0.4 is 10.5 Å². The second-order valence-corrected chi connectivity index (χ2v) is 3.97. The zero-order valence-corrected chi connectivity index (χ0v) is 10.3. The maximum absolute atomic E-state index is 12.5. The lowest BCUT2D eigenvalue weighted by Crippen LogP contribution is -2.24. The Labute approximate surface area is 108 Å². The molecule has 1 aromatic carbocycles. The van der Waals surface area contributed by atoms with Crippen molar-refractivity contribution in [1.82, 2.24) is 0 Å². The summed E-state index contributed by atoms with van der Waals surface area (Å²) in [6.45, 7) is 1.79. The van der Waals surface area contributed by atoms with Crippen LogP contribution in [-0.4, -0.2) is 17.1 Å². The van der Waals surface area contributed by atoms with Crippen LogP contribution in [0.3, 0.4) is 0 Å². The number of hydrogen-bond acceptors (Lipinski definition) is 3. The van der Waals surface area contributed by atoms with Gasteiger partial charge in [0.05, 0.1) is 5.56 Å². The molecule has 0 saturated heterocycles. The van der Waals surface area contributed by atoms with Gasteiger partial charge in [-0.2, -0.15) is 13.2 Å². The predicted octanol–water partition coefficient (Wildman–Crippen LogP) is 3.00. The molecular weight excluding hydrogens is 261 g/mol. The van der Waals surface area contributed by atoms with Crippen LogP contribution in [0.5, 0.6) is 5.75 Å². The van der Waals surface area contributed by atoms with Crippen molar-refractivity contribution < 1.29 is 23.1 Å². The molecule has 3 N–H and O–H groups in total. The molecule has 0 radical (unpaired) electrons. The van der Waals surface area contributed by atoms with Crippen LogP contribution in [0.1, 0.15) is 25.3 Å². The number of benzene rings is 1. The summed E-state index contributed by atoms with van der Waals surface area (Å²) in [5.74, 6) is 0.0752. The highest BCUT2D eigenvalue weighted by atomic mass is 19.4. The number of halogens is 3. The minimum absolute atomic E-state index is 0.0289. The summed E-state index contributed by atoms with van der Waals surface area (Å²) in [4.78, 5) is 0. The van der Waals surface area contributed by atoms with Crippen molar-refractivity contribution in [2.45, 2.75) is 32.0 Å². The molecule has 0 bridgehead atoms. The first-order valence-corrected chi connectivity index (χ1v) is 5.67. The predicted molar refractivity (Wildman–Crippen MR) is 64.2 cm³/mol. The van der Waals surface area contributed by atoms with Gasteiger partial charge in [0.1, 0.15) is 17.7 Å². The van der Waals surface area contributed by atoms with E-state index in [9.17, 15) is 13.2 Å². The van der Waals surface area contributed by atoms with Gasteiger partial charge in [-0.15, -0.1) is 0 Å². The second kappa shape index (κ2) is 6.31. The summed E-state index contributed by atoms with van der Waals surface area (Å²) >= 11 is 0. The van der Waals surface area contributed by atoms with Gasteiger partial charge < -0.3 is 15.7 Å². The van der Waals surface area contributed by atoms with Gasteiger partial charge in [0, 0.05) is 6.42 Å². The first-order valence-electron chi connectivity index (χ1n) is 5.67. The second-order valence-electron chi connectivity index (χ2n) is 3.97. The number of alkyl halides is 3. The van der Waals surface area contributed by atoms with Gasteiger partial charge in [0.25, 0.3) is 0 Å². The van der Waals surface area contributed by atoms with E-state index >= 15 is 0 Å². The van der Waals surface area contributed by atoms with E-state index in [1.807, 2.05) is 0 Å². The Balaban J connectivity index is 2.80. The van der Waals surface area contributed by atoms with E-state index in [2.05, 4.69) is 5.16 Å². The van der Waals surface area contributed by atoms with E-state index in [0.717, 1.165) is 12.1 Å². The molecule has 0 saturated carbocycles. The van der Waals surface area contributed by atoms with Gasteiger partial charge in [0.15, 0.2) is 0 Å². The Morgan fingerprint density at radius 3 is 2.68 bits per heavy atom. The van der Waals surface area contributed by atoms with Crippen LogP contribution in [0.4, 0.5) is 13.2 Å². The molecule has 19 heavy (non-hydrogen) atoms. The maximum atomic E-state index is 12.5. The van der Waals surface area contributed by atoms with Crippen LogP contribution in [0, 0.1) is 0 Å². The molecule has 0 heterocycles. The SMILES string of the molecule is CCC(C/C(N)=N/O)Oc1cccc(C(F)(F)F)c1. The largest absolute Gasteiger partial charge is 0.490 e. The summed E-state index contributed by atoms with van der Waals surface area (Å²) in [7, 11) is 0. The zero-order chi connectivity index (χ0) is 14.5. The standard InChI is InChI=1S/C12H15F3N2O2/c1-2-9(7-11(16)17-18)19-10-5-3-4-8(6-10)12(13,14)15/h3-6,9,18H,2,7H2,1H3,(H2,16,17). The average Bonchev–Trinajstić information content (AvgIpc) is 2.37. The molecule has 7 heteroatoms. The molecule has 4 nitrogen and oxygen atoms in total. The molecule has 0 aliphatic rings. The van der Waals surface area contributed by atoms with Gasteiger partial charge in [-0.1, -0.05) is 18.1 Å². The maximum Gasteiger partial charge on any atom is 0.416 e. The Bertz CT molecular complexity index is 447. The van der Waals surface area contributed by atoms with Gasteiger partial charge in [-0.25, -0.2) is 0 Å². The van der Waals surface area contributed by atoms with E-state index in [4.69, 9.17) is 15.7 Å². The lowest BCUT2D eigenvalue weighted by Gasteiger charge is -2.17. The molecule has 1 atom stereocenters. The molecule has 0 fully saturated rings.